The summed E-state index contributed by atoms with van der Waals surface area (Å²) >= 11 is 1.39. The van der Waals surface area contributed by atoms with Crippen LogP contribution in [0.1, 0.15) is 45.2 Å². The van der Waals surface area contributed by atoms with E-state index in [4.69, 9.17) is 4.74 Å². The Morgan fingerprint density at radius 1 is 1.28 bits per heavy atom. The molecule has 7 heteroatoms. The van der Waals surface area contributed by atoms with Gasteiger partial charge in [-0.1, -0.05) is 42.5 Å². The van der Waals surface area contributed by atoms with E-state index < -0.39 is 0 Å². The molecule has 0 saturated heterocycles. The van der Waals surface area contributed by atoms with Crippen LogP contribution in [0.25, 0.3) is 0 Å². The average Bonchev–Trinajstić information content (AvgIpc) is 3.30. The van der Waals surface area contributed by atoms with Gasteiger partial charge in [-0.25, -0.2) is 4.98 Å². The Morgan fingerprint density at radius 2 is 2.09 bits per heavy atom. The van der Waals surface area contributed by atoms with Gasteiger partial charge in [-0.3, -0.25) is 9.59 Å². The summed E-state index contributed by atoms with van der Waals surface area (Å²) in [7, 11) is 0. The molecule has 4 rings (SSSR count). The van der Waals surface area contributed by atoms with Gasteiger partial charge in [-0.2, -0.15) is 0 Å². The Bertz CT molecular complexity index is 1130. The average molecular weight is 448 g/mol. The van der Waals surface area contributed by atoms with Gasteiger partial charge in [0.2, 0.25) is 5.91 Å². The highest BCUT2D eigenvalue weighted by atomic mass is 32.1. The lowest BCUT2D eigenvalue weighted by Gasteiger charge is -2.37. The molecule has 0 aliphatic carbocycles. The van der Waals surface area contributed by atoms with E-state index in [1.165, 1.54) is 16.9 Å². The molecular formula is C25H25N3O3S. The summed E-state index contributed by atoms with van der Waals surface area (Å²) in [5.74, 6) is 0.542. The van der Waals surface area contributed by atoms with Gasteiger partial charge in [0.05, 0.1) is 6.04 Å². The Morgan fingerprint density at radius 3 is 2.84 bits per heavy atom. The SMILES string of the molecule is C=CCNC(=O)c1csc(COc2ccc3c(c2)C(c2ccccc2)N(C(C)=O)CC3)n1. The minimum atomic E-state index is -0.226. The van der Waals surface area contributed by atoms with Crippen molar-refractivity contribution in [2.75, 3.05) is 13.1 Å². The number of thiazole rings is 1. The van der Waals surface area contributed by atoms with E-state index in [-0.39, 0.29) is 24.5 Å². The minimum absolute atomic E-state index is 0.0564. The summed E-state index contributed by atoms with van der Waals surface area (Å²) < 4.78 is 6.01. The number of hydrogen-bond donors (Lipinski definition) is 1. The fourth-order valence-electron chi connectivity index (χ4n) is 3.90. The van der Waals surface area contributed by atoms with Crippen LogP contribution in [-0.2, 0) is 17.8 Å². The zero-order chi connectivity index (χ0) is 22.5. The number of carbonyl (C=O) groups is 2. The van der Waals surface area contributed by atoms with E-state index in [1.54, 1.807) is 18.4 Å². The maximum atomic E-state index is 12.4. The molecule has 1 atom stereocenters. The third kappa shape index (κ3) is 4.73. The maximum absolute atomic E-state index is 12.4. The largest absolute Gasteiger partial charge is 0.486 e. The van der Waals surface area contributed by atoms with Crippen molar-refractivity contribution >= 4 is 23.2 Å². The van der Waals surface area contributed by atoms with Crippen molar-refractivity contribution in [1.82, 2.24) is 15.2 Å². The van der Waals surface area contributed by atoms with E-state index >= 15 is 0 Å². The summed E-state index contributed by atoms with van der Waals surface area (Å²) in [5.41, 5.74) is 3.76. The first-order chi connectivity index (χ1) is 15.6. The van der Waals surface area contributed by atoms with Gasteiger partial charge in [-0.15, -0.1) is 17.9 Å². The quantitative estimate of drug-likeness (QED) is 0.553. The fourth-order valence-corrected chi connectivity index (χ4v) is 4.58. The highest BCUT2D eigenvalue weighted by molar-refractivity contribution is 7.09. The first kappa shape index (κ1) is 21.8. The highest BCUT2D eigenvalue weighted by Gasteiger charge is 2.30. The van der Waals surface area contributed by atoms with E-state index in [0.717, 1.165) is 22.6 Å². The number of fused-ring (bicyclic) bond motifs is 1. The molecule has 164 valence electrons. The summed E-state index contributed by atoms with van der Waals surface area (Å²) in [4.78, 5) is 30.7. The predicted octanol–water partition coefficient (Wildman–Crippen LogP) is 4.13. The Balaban J connectivity index is 1.54. The molecule has 1 aromatic heterocycles. The number of ether oxygens (including phenoxy) is 1. The molecule has 2 amide bonds. The van der Waals surface area contributed by atoms with Gasteiger partial charge in [-0.05, 0) is 35.2 Å². The normalized spacial score (nSPS) is 15.0. The molecule has 1 aliphatic heterocycles. The number of carbonyl (C=O) groups excluding carboxylic acids is 2. The van der Waals surface area contributed by atoms with Crippen LogP contribution in [0.4, 0.5) is 0 Å². The van der Waals surface area contributed by atoms with Gasteiger partial charge in [0.25, 0.3) is 5.91 Å². The van der Waals surface area contributed by atoms with Crippen LogP contribution in [0.3, 0.4) is 0 Å². The van der Waals surface area contributed by atoms with Crippen LogP contribution < -0.4 is 10.1 Å². The smallest absolute Gasteiger partial charge is 0.271 e. The molecule has 0 spiro atoms. The topological polar surface area (TPSA) is 71.5 Å². The lowest BCUT2D eigenvalue weighted by Crippen LogP contribution is -2.39. The number of nitrogens with zero attached hydrogens (tertiary/aromatic N) is 2. The zero-order valence-corrected chi connectivity index (χ0v) is 18.7. The van der Waals surface area contributed by atoms with Crippen LogP contribution in [-0.4, -0.2) is 34.8 Å². The standard InChI is InChI=1S/C25H25N3O3S/c1-3-12-26-25(30)22-16-32-23(27-22)15-31-20-10-9-18-11-13-28(17(2)29)24(21(18)14-20)19-7-5-4-6-8-19/h3-10,14,16,24H,1,11-13,15H2,2H3,(H,26,30). The highest BCUT2D eigenvalue weighted by Crippen LogP contribution is 2.37. The van der Waals surface area contributed by atoms with Crippen molar-refractivity contribution in [3.05, 3.63) is 94.0 Å². The summed E-state index contributed by atoms with van der Waals surface area (Å²) in [6.45, 7) is 6.57. The first-order valence-corrected chi connectivity index (χ1v) is 11.4. The molecule has 1 N–H and O–H groups in total. The summed E-state index contributed by atoms with van der Waals surface area (Å²) in [5, 5.41) is 5.16. The van der Waals surface area contributed by atoms with Gasteiger partial charge < -0.3 is 15.0 Å². The van der Waals surface area contributed by atoms with Crippen molar-refractivity contribution in [1.29, 1.82) is 0 Å². The van der Waals surface area contributed by atoms with Crippen LogP contribution in [0.15, 0.2) is 66.6 Å². The van der Waals surface area contributed by atoms with Gasteiger partial charge >= 0.3 is 0 Å². The molecular weight excluding hydrogens is 422 g/mol. The second kappa shape index (κ2) is 9.78. The molecule has 32 heavy (non-hydrogen) atoms. The lowest BCUT2D eigenvalue weighted by molar-refractivity contribution is -0.130. The molecule has 1 unspecified atom stereocenters. The second-order valence-electron chi connectivity index (χ2n) is 7.55. The Labute approximate surface area is 191 Å². The van der Waals surface area contributed by atoms with Gasteiger partial charge in [0.15, 0.2) is 0 Å². The maximum Gasteiger partial charge on any atom is 0.271 e. The molecule has 0 saturated carbocycles. The van der Waals surface area contributed by atoms with Crippen LogP contribution in [0, 0.1) is 0 Å². The molecule has 3 aromatic rings. The third-order valence-electron chi connectivity index (χ3n) is 5.42. The molecule has 2 heterocycles. The van der Waals surface area contributed by atoms with Gasteiger partial charge in [0, 0.05) is 25.4 Å². The molecule has 1 aliphatic rings. The van der Waals surface area contributed by atoms with Crippen LogP contribution in [0.2, 0.25) is 0 Å². The lowest BCUT2D eigenvalue weighted by atomic mass is 9.88. The van der Waals surface area contributed by atoms with Crippen LogP contribution >= 0.6 is 11.3 Å². The molecule has 0 bridgehead atoms. The van der Waals surface area contributed by atoms with E-state index in [9.17, 15) is 9.59 Å². The van der Waals surface area contributed by atoms with E-state index in [0.29, 0.717) is 24.5 Å². The van der Waals surface area contributed by atoms with Crippen molar-refractivity contribution in [2.45, 2.75) is 26.0 Å². The summed E-state index contributed by atoms with van der Waals surface area (Å²) in [6, 6.07) is 16.0. The summed E-state index contributed by atoms with van der Waals surface area (Å²) in [6.07, 6.45) is 2.44. The number of hydrogen-bond acceptors (Lipinski definition) is 5. The predicted molar refractivity (Wildman–Crippen MR) is 125 cm³/mol. The minimum Gasteiger partial charge on any atom is -0.486 e. The van der Waals surface area contributed by atoms with Crippen molar-refractivity contribution in [3.8, 4) is 5.75 Å². The zero-order valence-electron chi connectivity index (χ0n) is 17.9. The van der Waals surface area contributed by atoms with Crippen molar-refractivity contribution < 1.29 is 14.3 Å². The van der Waals surface area contributed by atoms with Crippen molar-refractivity contribution in [3.63, 3.8) is 0 Å². The fraction of sp³-hybridized carbons (Fsp3) is 0.240. The molecule has 0 radical (unpaired) electrons. The molecule has 0 fully saturated rings. The third-order valence-corrected chi connectivity index (χ3v) is 6.24. The van der Waals surface area contributed by atoms with Crippen molar-refractivity contribution in [2.24, 2.45) is 0 Å². The number of benzene rings is 2. The van der Waals surface area contributed by atoms with E-state index in [1.807, 2.05) is 35.2 Å². The monoisotopic (exact) mass is 447 g/mol. The van der Waals surface area contributed by atoms with Gasteiger partial charge in [0.1, 0.15) is 23.1 Å². The number of rotatable bonds is 7. The van der Waals surface area contributed by atoms with E-state index in [2.05, 4.69) is 35.1 Å². The number of nitrogens with one attached hydrogen (secondary N) is 1. The Hall–Kier alpha value is -3.45. The number of aromatic nitrogens is 1. The molecule has 6 nitrogen and oxygen atoms in total. The second-order valence-corrected chi connectivity index (χ2v) is 8.49. The Kier molecular flexibility index (Phi) is 6.66. The first-order valence-electron chi connectivity index (χ1n) is 10.5. The number of amides is 2. The molecule has 2 aromatic carbocycles. The van der Waals surface area contributed by atoms with Crippen LogP contribution in [0.5, 0.6) is 5.75 Å².